The Morgan fingerprint density at radius 3 is 2.45 bits per heavy atom. The molecule has 0 saturated heterocycles. The quantitative estimate of drug-likeness (QED) is 0.459. The SMILES string of the molecule is CCS(=O)(=O)c1ccc(C2CC2)nc1-c1cc2ccc(=O)n(C(F)C(F)(F)C(F)F)c2cn1. The van der Waals surface area contributed by atoms with Gasteiger partial charge in [-0.05, 0) is 37.1 Å². The number of pyridine rings is 3. The van der Waals surface area contributed by atoms with Gasteiger partial charge in [0.05, 0.1) is 28.1 Å². The van der Waals surface area contributed by atoms with E-state index in [0.29, 0.717) is 5.69 Å². The fraction of sp³-hybridized carbons (Fsp3) is 0.381. The van der Waals surface area contributed by atoms with Crippen LogP contribution in [0.2, 0.25) is 0 Å². The molecule has 0 radical (unpaired) electrons. The number of hydrogen-bond acceptors (Lipinski definition) is 5. The van der Waals surface area contributed by atoms with Crippen molar-refractivity contribution < 1.29 is 30.4 Å². The molecule has 0 amide bonds. The molecule has 3 aromatic heterocycles. The van der Waals surface area contributed by atoms with E-state index in [1.165, 1.54) is 25.1 Å². The third-order valence-electron chi connectivity index (χ3n) is 5.48. The molecule has 33 heavy (non-hydrogen) atoms. The van der Waals surface area contributed by atoms with Gasteiger partial charge in [0, 0.05) is 23.1 Å². The molecule has 0 bridgehead atoms. The molecule has 0 spiro atoms. The molecule has 1 fully saturated rings. The Balaban J connectivity index is 1.91. The van der Waals surface area contributed by atoms with Gasteiger partial charge in [-0.3, -0.25) is 14.3 Å². The normalized spacial score (nSPS) is 15.8. The highest BCUT2D eigenvalue weighted by molar-refractivity contribution is 7.91. The summed E-state index contributed by atoms with van der Waals surface area (Å²) >= 11 is 0. The van der Waals surface area contributed by atoms with Gasteiger partial charge in [-0.1, -0.05) is 6.92 Å². The predicted octanol–water partition coefficient (Wildman–Crippen LogP) is 4.50. The molecule has 12 heteroatoms. The Morgan fingerprint density at radius 1 is 1.15 bits per heavy atom. The molecule has 1 aliphatic rings. The molecule has 6 nitrogen and oxygen atoms in total. The zero-order chi connectivity index (χ0) is 24.1. The molecule has 3 aromatic rings. The van der Waals surface area contributed by atoms with Gasteiger partial charge in [0.1, 0.15) is 5.69 Å². The van der Waals surface area contributed by atoms with Crippen LogP contribution in [0.5, 0.6) is 0 Å². The summed E-state index contributed by atoms with van der Waals surface area (Å²) in [6, 6.07) is 6.26. The second-order valence-corrected chi connectivity index (χ2v) is 9.99. The molecule has 176 valence electrons. The minimum atomic E-state index is -5.11. The molecule has 1 saturated carbocycles. The summed E-state index contributed by atoms with van der Waals surface area (Å²) in [7, 11) is -3.71. The Hall–Kier alpha value is -2.89. The molecule has 1 unspecified atom stereocenters. The van der Waals surface area contributed by atoms with Crippen molar-refractivity contribution in [1.82, 2.24) is 14.5 Å². The van der Waals surface area contributed by atoms with E-state index in [2.05, 4.69) is 9.97 Å². The lowest BCUT2D eigenvalue weighted by Crippen LogP contribution is -2.39. The average Bonchev–Trinajstić information content (AvgIpc) is 3.63. The van der Waals surface area contributed by atoms with Crippen LogP contribution in [-0.2, 0) is 9.84 Å². The number of alkyl halides is 5. The fourth-order valence-corrected chi connectivity index (χ4v) is 4.49. The summed E-state index contributed by atoms with van der Waals surface area (Å²) in [5.74, 6) is -5.13. The van der Waals surface area contributed by atoms with Crippen molar-refractivity contribution in [2.45, 2.75) is 49.2 Å². The largest absolute Gasteiger partial charge is 0.356 e. The maximum Gasteiger partial charge on any atom is 0.356 e. The first-order valence-electron chi connectivity index (χ1n) is 10.0. The van der Waals surface area contributed by atoms with Gasteiger partial charge in [0.25, 0.3) is 5.56 Å². The van der Waals surface area contributed by atoms with Crippen LogP contribution in [0.4, 0.5) is 22.0 Å². The lowest BCUT2D eigenvalue weighted by molar-refractivity contribution is -0.191. The van der Waals surface area contributed by atoms with Crippen molar-refractivity contribution in [2.75, 3.05) is 5.75 Å². The molecule has 4 rings (SSSR count). The maximum absolute atomic E-state index is 14.4. The Morgan fingerprint density at radius 2 is 1.85 bits per heavy atom. The molecular weight excluding hydrogens is 469 g/mol. The minimum Gasteiger partial charge on any atom is -0.270 e. The number of nitrogens with zero attached hydrogens (tertiary/aromatic N) is 3. The number of rotatable bonds is 7. The fourth-order valence-electron chi connectivity index (χ4n) is 3.46. The maximum atomic E-state index is 14.4. The topological polar surface area (TPSA) is 81.9 Å². The molecule has 1 aliphatic carbocycles. The Kier molecular flexibility index (Phi) is 5.75. The number of aromatic nitrogens is 3. The summed E-state index contributed by atoms with van der Waals surface area (Å²) in [6.07, 6.45) is -5.29. The van der Waals surface area contributed by atoms with Crippen LogP contribution >= 0.6 is 0 Å². The highest BCUT2D eigenvalue weighted by atomic mass is 32.2. The molecular formula is C21H18F5N3O3S. The van der Waals surface area contributed by atoms with Gasteiger partial charge in [-0.2, -0.15) is 8.78 Å². The standard InChI is InChI=1S/C21H18F5N3O3S/c1-2-33(31,32)16-7-6-13(11-3-4-11)28-18(16)14-9-12-5-8-17(30)29(15(12)10-27-14)20(24)21(25,26)19(22)23/h5-11,19-20H,2-4H2,1H3. The second-order valence-electron chi connectivity index (χ2n) is 7.74. The van der Waals surface area contributed by atoms with Crippen molar-refractivity contribution in [3.8, 4) is 11.4 Å². The number of halogens is 5. The highest BCUT2D eigenvalue weighted by Crippen LogP contribution is 2.41. The lowest BCUT2D eigenvalue weighted by Gasteiger charge is -2.22. The number of hydrogen-bond donors (Lipinski definition) is 0. The van der Waals surface area contributed by atoms with Crippen molar-refractivity contribution in [2.24, 2.45) is 0 Å². The van der Waals surface area contributed by atoms with Gasteiger partial charge in [0.2, 0.25) is 6.30 Å². The zero-order valence-corrected chi connectivity index (χ0v) is 18.0. The molecule has 1 atom stereocenters. The van der Waals surface area contributed by atoms with Gasteiger partial charge >= 0.3 is 12.3 Å². The van der Waals surface area contributed by atoms with Gasteiger partial charge in [-0.15, -0.1) is 0 Å². The van der Waals surface area contributed by atoms with Gasteiger partial charge in [0.15, 0.2) is 9.84 Å². The van der Waals surface area contributed by atoms with Gasteiger partial charge in [-0.25, -0.2) is 26.6 Å². The molecule has 0 N–H and O–H groups in total. The summed E-state index contributed by atoms with van der Waals surface area (Å²) in [6.45, 7) is 1.46. The van der Waals surface area contributed by atoms with E-state index in [-0.39, 0.29) is 37.9 Å². The summed E-state index contributed by atoms with van der Waals surface area (Å²) in [5, 5.41) is 0.0192. The smallest absolute Gasteiger partial charge is 0.270 e. The first kappa shape index (κ1) is 23.3. The van der Waals surface area contributed by atoms with Crippen molar-refractivity contribution in [3.05, 3.63) is 52.6 Å². The van der Waals surface area contributed by atoms with Crippen molar-refractivity contribution >= 4 is 20.7 Å². The van der Waals surface area contributed by atoms with Gasteiger partial charge < -0.3 is 0 Å². The molecule has 0 aliphatic heterocycles. The van der Waals surface area contributed by atoms with E-state index < -0.39 is 39.6 Å². The van der Waals surface area contributed by atoms with E-state index in [9.17, 15) is 35.2 Å². The van der Waals surface area contributed by atoms with Crippen molar-refractivity contribution in [3.63, 3.8) is 0 Å². The highest BCUT2D eigenvalue weighted by Gasteiger charge is 2.51. The number of sulfone groups is 1. The van der Waals surface area contributed by atoms with Crippen LogP contribution in [0.1, 0.15) is 37.7 Å². The monoisotopic (exact) mass is 487 g/mol. The van der Waals surface area contributed by atoms with Crippen LogP contribution < -0.4 is 5.56 Å². The first-order chi connectivity index (χ1) is 15.5. The Bertz CT molecular complexity index is 1390. The Labute approximate surface area is 185 Å². The van der Waals surface area contributed by atoms with Crippen LogP contribution in [0.25, 0.3) is 22.3 Å². The van der Waals surface area contributed by atoms with E-state index in [0.717, 1.165) is 25.1 Å². The van der Waals surface area contributed by atoms with Crippen LogP contribution in [0.15, 0.2) is 46.2 Å². The van der Waals surface area contributed by atoms with E-state index in [4.69, 9.17) is 0 Å². The summed E-state index contributed by atoms with van der Waals surface area (Å²) < 4.78 is 92.2. The summed E-state index contributed by atoms with van der Waals surface area (Å²) in [5.41, 5.74) is -0.938. The molecule has 3 heterocycles. The van der Waals surface area contributed by atoms with E-state index in [1.54, 1.807) is 6.07 Å². The van der Waals surface area contributed by atoms with Crippen LogP contribution in [-0.4, -0.2) is 41.1 Å². The third-order valence-corrected chi connectivity index (χ3v) is 7.24. The second kappa shape index (κ2) is 8.15. The molecule has 0 aromatic carbocycles. The lowest BCUT2D eigenvalue weighted by atomic mass is 10.1. The first-order valence-corrected chi connectivity index (χ1v) is 11.7. The van der Waals surface area contributed by atoms with Crippen LogP contribution in [0, 0.1) is 0 Å². The minimum absolute atomic E-state index is 0.0192. The van der Waals surface area contributed by atoms with E-state index in [1.807, 2.05) is 0 Å². The summed E-state index contributed by atoms with van der Waals surface area (Å²) in [4.78, 5) is 20.5. The predicted molar refractivity (Wildman–Crippen MR) is 110 cm³/mol. The van der Waals surface area contributed by atoms with E-state index >= 15 is 0 Å². The van der Waals surface area contributed by atoms with Crippen LogP contribution in [0.3, 0.4) is 0 Å². The number of fused-ring (bicyclic) bond motifs is 1. The third kappa shape index (κ3) is 4.11. The zero-order valence-electron chi connectivity index (χ0n) is 17.2. The van der Waals surface area contributed by atoms with Crippen molar-refractivity contribution in [1.29, 1.82) is 0 Å². The average molecular weight is 487 g/mol.